The van der Waals surface area contributed by atoms with Gasteiger partial charge in [0.05, 0.1) is 12.1 Å². The predicted octanol–water partition coefficient (Wildman–Crippen LogP) is 5.37. The van der Waals surface area contributed by atoms with E-state index in [4.69, 9.17) is 4.99 Å². The number of rotatable bonds is 5. The quantitative estimate of drug-likeness (QED) is 0.355. The fourth-order valence-electron chi connectivity index (χ4n) is 3.93. The van der Waals surface area contributed by atoms with Crippen molar-refractivity contribution in [3.05, 3.63) is 108 Å². The molecule has 0 radical (unpaired) electrons. The number of benzene rings is 3. The molecule has 1 aliphatic heterocycles. The second-order valence-corrected chi connectivity index (χ2v) is 9.40. The molecule has 1 fully saturated rings. The third-order valence-corrected chi connectivity index (χ3v) is 6.93. The van der Waals surface area contributed by atoms with Crippen LogP contribution in [0, 0.1) is 13.8 Å². The van der Waals surface area contributed by atoms with E-state index in [1.807, 2.05) is 92.7 Å². The summed E-state index contributed by atoms with van der Waals surface area (Å²) in [6, 6.07) is 25.0. The molecule has 1 amide bonds. The van der Waals surface area contributed by atoms with Crippen molar-refractivity contribution in [3.8, 4) is 0 Å². The van der Waals surface area contributed by atoms with Gasteiger partial charge < -0.3 is 15.4 Å². The van der Waals surface area contributed by atoms with Gasteiger partial charge in [-0.15, -0.1) is 0 Å². The van der Waals surface area contributed by atoms with Crippen molar-refractivity contribution in [2.45, 2.75) is 19.6 Å². The van der Waals surface area contributed by atoms with E-state index in [0.29, 0.717) is 16.6 Å². The van der Waals surface area contributed by atoms with Gasteiger partial charge in [-0.3, -0.25) is 9.69 Å². The number of aryl methyl sites for hydroxylation is 2. The van der Waals surface area contributed by atoms with Gasteiger partial charge in [-0.05, 0) is 38.1 Å². The maximum absolute atomic E-state index is 13.0. The highest BCUT2D eigenvalue weighted by Gasteiger charge is 2.46. The molecule has 3 aromatic carbocycles. The van der Waals surface area contributed by atoms with Crippen LogP contribution in [-0.4, -0.2) is 31.9 Å². The molecule has 1 saturated heterocycles. The summed E-state index contributed by atoms with van der Waals surface area (Å²) in [6.07, 6.45) is 1.45. The number of thioether (sulfide) groups is 1. The normalized spacial score (nSPS) is 18.7. The van der Waals surface area contributed by atoms with Gasteiger partial charge in [0.25, 0.3) is 5.91 Å². The molecule has 176 valence electrons. The molecule has 7 nitrogen and oxygen atoms in total. The number of anilines is 2. The third-order valence-electron chi connectivity index (χ3n) is 5.85. The van der Waals surface area contributed by atoms with Crippen LogP contribution in [-0.2, 0) is 5.72 Å². The average molecular weight is 484 g/mol. The number of carbonyl (C=O) groups excluding carboxylic acids is 1. The standard InChI is InChI=1S/C27H25N5O2S/c1-18-8-12-20(13-9-18)27(34)16-35-26(32(27)22-6-4-3-5-7-22)31-24-23(28-17-29-24)25(33)30-21-14-10-19(2)11-15-21/h3-15,17,34H,16H2,1-2H3,(H,28,29)(H,30,33)/b31-26-. The minimum atomic E-state index is -1.31. The van der Waals surface area contributed by atoms with Crippen LogP contribution in [0.1, 0.15) is 27.2 Å². The molecule has 4 aromatic rings. The molecule has 0 aliphatic carbocycles. The van der Waals surface area contributed by atoms with Crippen LogP contribution in [0.5, 0.6) is 0 Å². The number of amidine groups is 1. The Kier molecular flexibility index (Phi) is 6.15. The third kappa shape index (κ3) is 4.58. The molecular weight excluding hydrogens is 458 g/mol. The van der Waals surface area contributed by atoms with Crippen molar-refractivity contribution < 1.29 is 9.90 Å². The first-order valence-electron chi connectivity index (χ1n) is 11.2. The van der Waals surface area contributed by atoms with Crippen LogP contribution in [0.15, 0.2) is 90.2 Å². The number of aliphatic imine (C=N–C) groups is 1. The molecule has 0 bridgehead atoms. The van der Waals surface area contributed by atoms with E-state index in [9.17, 15) is 9.90 Å². The summed E-state index contributed by atoms with van der Waals surface area (Å²) in [5.74, 6) is 0.291. The number of carbonyl (C=O) groups is 1. The molecular formula is C27H25N5O2S. The van der Waals surface area contributed by atoms with Gasteiger partial charge in [0.15, 0.2) is 22.4 Å². The number of imidazole rings is 1. The predicted molar refractivity (Wildman–Crippen MR) is 141 cm³/mol. The average Bonchev–Trinajstić information content (AvgIpc) is 3.46. The molecule has 0 saturated carbocycles. The largest absolute Gasteiger partial charge is 0.366 e. The lowest BCUT2D eigenvalue weighted by Crippen LogP contribution is -2.45. The Morgan fingerprint density at radius 3 is 2.37 bits per heavy atom. The van der Waals surface area contributed by atoms with Crippen LogP contribution in [0.25, 0.3) is 0 Å². The molecule has 35 heavy (non-hydrogen) atoms. The van der Waals surface area contributed by atoms with Gasteiger partial charge in [0.1, 0.15) is 0 Å². The highest BCUT2D eigenvalue weighted by Crippen LogP contribution is 2.43. The summed E-state index contributed by atoms with van der Waals surface area (Å²) in [5, 5.41) is 15.3. The topological polar surface area (TPSA) is 93.6 Å². The lowest BCUT2D eigenvalue weighted by Gasteiger charge is -2.34. The highest BCUT2D eigenvalue weighted by molar-refractivity contribution is 8.14. The van der Waals surface area contributed by atoms with E-state index in [-0.39, 0.29) is 17.4 Å². The number of para-hydroxylation sites is 1. The summed E-state index contributed by atoms with van der Waals surface area (Å²) in [5.41, 5.74) is 3.41. The number of amides is 1. The van der Waals surface area contributed by atoms with E-state index in [0.717, 1.165) is 22.4 Å². The Hall–Kier alpha value is -3.88. The van der Waals surface area contributed by atoms with Gasteiger partial charge in [-0.1, -0.05) is 77.5 Å². The molecule has 1 atom stereocenters. The van der Waals surface area contributed by atoms with Gasteiger partial charge >= 0.3 is 0 Å². The van der Waals surface area contributed by atoms with Crippen LogP contribution in [0.2, 0.25) is 0 Å². The van der Waals surface area contributed by atoms with Crippen molar-refractivity contribution in [2.75, 3.05) is 16.0 Å². The number of nitrogens with one attached hydrogen (secondary N) is 2. The first kappa shape index (κ1) is 22.9. The molecule has 8 heteroatoms. The minimum Gasteiger partial charge on any atom is -0.366 e. The zero-order valence-electron chi connectivity index (χ0n) is 19.4. The summed E-state index contributed by atoms with van der Waals surface area (Å²) in [6.45, 7) is 4.00. The molecule has 1 aromatic heterocycles. The lowest BCUT2D eigenvalue weighted by molar-refractivity contribution is 0.0768. The van der Waals surface area contributed by atoms with Crippen LogP contribution < -0.4 is 10.2 Å². The monoisotopic (exact) mass is 483 g/mol. The molecule has 3 N–H and O–H groups in total. The minimum absolute atomic E-state index is 0.248. The van der Waals surface area contributed by atoms with Gasteiger partial charge in [-0.2, -0.15) is 0 Å². The van der Waals surface area contributed by atoms with Crippen molar-refractivity contribution in [2.24, 2.45) is 4.99 Å². The van der Waals surface area contributed by atoms with Gasteiger partial charge in [0.2, 0.25) is 0 Å². The number of nitrogens with zero attached hydrogens (tertiary/aromatic N) is 3. The van der Waals surface area contributed by atoms with E-state index in [2.05, 4.69) is 15.3 Å². The van der Waals surface area contributed by atoms with Crippen LogP contribution in [0.3, 0.4) is 0 Å². The fourth-order valence-corrected chi connectivity index (χ4v) is 5.09. The zero-order valence-corrected chi connectivity index (χ0v) is 20.2. The maximum Gasteiger partial charge on any atom is 0.276 e. The molecule has 2 heterocycles. The Balaban J connectivity index is 1.51. The summed E-state index contributed by atoms with van der Waals surface area (Å²) in [4.78, 5) is 26.7. The number of H-pyrrole nitrogens is 1. The van der Waals surface area contributed by atoms with Crippen LogP contribution >= 0.6 is 11.8 Å². The van der Waals surface area contributed by atoms with Crippen LogP contribution in [0.4, 0.5) is 17.2 Å². The Bertz CT molecular complexity index is 1370. The first-order valence-corrected chi connectivity index (χ1v) is 12.2. The SMILES string of the molecule is Cc1ccc(NC(=O)c2[nH]cnc2/N=C2\SCC(O)(c3ccc(C)cc3)N2c2ccccc2)cc1. The maximum atomic E-state index is 13.0. The zero-order chi connectivity index (χ0) is 24.4. The lowest BCUT2D eigenvalue weighted by atomic mass is 10.0. The number of hydrogen-bond acceptors (Lipinski definition) is 5. The first-order chi connectivity index (χ1) is 16.9. The summed E-state index contributed by atoms with van der Waals surface area (Å²) >= 11 is 1.42. The molecule has 5 rings (SSSR count). The van der Waals surface area contributed by atoms with E-state index in [1.54, 1.807) is 4.90 Å². The number of aliphatic hydroxyl groups is 1. The molecule has 1 unspecified atom stereocenters. The van der Waals surface area contributed by atoms with Gasteiger partial charge in [0, 0.05) is 16.9 Å². The Morgan fingerprint density at radius 1 is 1.03 bits per heavy atom. The van der Waals surface area contributed by atoms with E-state index >= 15 is 0 Å². The van der Waals surface area contributed by atoms with Crippen molar-refractivity contribution in [1.82, 2.24) is 9.97 Å². The molecule has 1 aliphatic rings. The Morgan fingerprint density at radius 2 is 1.69 bits per heavy atom. The highest BCUT2D eigenvalue weighted by atomic mass is 32.2. The second kappa shape index (κ2) is 9.40. The van der Waals surface area contributed by atoms with Crippen molar-refractivity contribution >= 4 is 40.0 Å². The van der Waals surface area contributed by atoms with E-state index < -0.39 is 5.72 Å². The van der Waals surface area contributed by atoms with Crippen molar-refractivity contribution in [1.29, 1.82) is 0 Å². The summed E-state index contributed by atoms with van der Waals surface area (Å²) < 4.78 is 0. The van der Waals surface area contributed by atoms with E-state index in [1.165, 1.54) is 18.1 Å². The number of aromatic amines is 1. The number of aromatic nitrogens is 2. The second-order valence-electron chi connectivity index (χ2n) is 8.46. The fraction of sp³-hybridized carbons (Fsp3) is 0.148. The Labute approximate surface area is 207 Å². The summed E-state index contributed by atoms with van der Waals surface area (Å²) in [7, 11) is 0. The number of hydrogen-bond donors (Lipinski definition) is 3. The molecule has 0 spiro atoms. The van der Waals surface area contributed by atoms with Gasteiger partial charge in [-0.25, -0.2) is 9.98 Å². The smallest absolute Gasteiger partial charge is 0.276 e. The van der Waals surface area contributed by atoms with Crippen molar-refractivity contribution in [3.63, 3.8) is 0 Å².